The molecule has 104 valence electrons. The topological polar surface area (TPSA) is 70.0 Å². The van der Waals surface area contributed by atoms with Crippen LogP contribution < -0.4 is 16.9 Å². The third-order valence-electron chi connectivity index (χ3n) is 2.91. The van der Waals surface area contributed by atoms with E-state index in [2.05, 4.69) is 0 Å². The van der Waals surface area contributed by atoms with Gasteiger partial charge in [-0.25, -0.2) is 4.39 Å². The summed E-state index contributed by atoms with van der Waals surface area (Å²) in [4.78, 5) is 23.5. The van der Waals surface area contributed by atoms with Crippen molar-refractivity contribution < 1.29 is 4.39 Å². The highest BCUT2D eigenvalue weighted by atomic mass is 32.1. The van der Waals surface area contributed by atoms with Crippen LogP contribution >= 0.6 is 12.2 Å². The zero-order chi connectivity index (χ0) is 14.9. The van der Waals surface area contributed by atoms with Gasteiger partial charge in [0.2, 0.25) is 0 Å². The van der Waals surface area contributed by atoms with Crippen LogP contribution in [0, 0.1) is 5.82 Å². The van der Waals surface area contributed by atoms with E-state index in [0.29, 0.717) is 11.1 Å². The maximum atomic E-state index is 13.3. The highest BCUT2D eigenvalue weighted by molar-refractivity contribution is 7.80. The minimum atomic E-state index is -0.687. The molecule has 0 unspecified atom stereocenters. The first-order valence-electron chi connectivity index (χ1n) is 5.74. The SMILES string of the molecule is Cn1ccn(Cc2cc(F)ccc2C(N)=S)c(=O)c1=O. The molecule has 0 fully saturated rings. The van der Waals surface area contributed by atoms with Crippen molar-refractivity contribution in [2.24, 2.45) is 12.8 Å². The standard InChI is InChI=1S/C13H12FN3O2S/c1-16-4-5-17(13(19)12(16)18)7-8-6-9(14)2-3-10(8)11(15)20/h2-6H,7H2,1H3,(H2,15,20). The Kier molecular flexibility index (Phi) is 3.80. The van der Waals surface area contributed by atoms with E-state index in [9.17, 15) is 14.0 Å². The van der Waals surface area contributed by atoms with Crippen molar-refractivity contribution in [3.05, 3.63) is 68.2 Å². The van der Waals surface area contributed by atoms with Crippen molar-refractivity contribution in [1.82, 2.24) is 9.13 Å². The largest absolute Gasteiger partial charge is 0.389 e. The summed E-state index contributed by atoms with van der Waals surface area (Å²) in [5, 5.41) is 0. The van der Waals surface area contributed by atoms with Crippen LogP contribution in [0.25, 0.3) is 0 Å². The van der Waals surface area contributed by atoms with Gasteiger partial charge in [-0.15, -0.1) is 0 Å². The Morgan fingerprint density at radius 2 is 2.00 bits per heavy atom. The minimum Gasteiger partial charge on any atom is -0.389 e. The van der Waals surface area contributed by atoms with E-state index in [-0.39, 0.29) is 11.5 Å². The molecule has 0 aliphatic heterocycles. The zero-order valence-electron chi connectivity index (χ0n) is 10.7. The van der Waals surface area contributed by atoms with Crippen molar-refractivity contribution >= 4 is 17.2 Å². The van der Waals surface area contributed by atoms with Gasteiger partial charge in [0.15, 0.2) is 0 Å². The number of aryl methyl sites for hydroxylation is 1. The Labute approximate surface area is 119 Å². The fraction of sp³-hybridized carbons (Fsp3) is 0.154. The number of benzene rings is 1. The molecule has 2 rings (SSSR count). The Balaban J connectivity index is 2.53. The molecule has 20 heavy (non-hydrogen) atoms. The molecule has 5 nitrogen and oxygen atoms in total. The van der Waals surface area contributed by atoms with Crippen LogP contribution in [0.1, 0.15) is 11.1 Å². The summed E-state index contributed by atoms with van der Waals surface area (Å²) in [6.45, 7) is 0.0271. The number of aromatic nitrogens is 2. The van der Waals surface area contributed by atoms with Crippen LogP contribution in [-0.4, -0.2) is 14.1 Å². The maximum Gasteiger partial charge on any atom is 0.316 e. The van der Waals surface area contributed by atoms with Crippen molar-refractivity contribution in [2.75, 3.05) is 0 Å². The van der Waals surface area contributed by atoms with Crippen LogP contribution in [0.3, 0.4) is 0 Å². The van der Waals surface area contributed by atoms with E-state index < -0.39 is 16.9 Å². The molecule has 0 bridgehead atoms. The van der Waals surface area contributed by atoms with Crippen LogP contribution in [0.4, 0.5) is 4.39 Å². The molecule has 0 amide bonds. The normalized spacial score (nSPS) is 10.5. The number of hydrogen-bond acceptors (Lipinski definition) is 3. The summed E-state index contributed by atoms with van der Waals surface area (Å²) in [6.07, 6.45) is 2.92. The van der Waals surface area contributed by atoms with Crippen LogP contribution in [0.2, 0.25) is 0 Å². The van der Waals surface area contributed by atoms with Gasteiger partial charge in [-0.2, -0.15) is 0 Å². The number of halogens is 1. The monoisotopic (exact) mass is 293 g/mol. The summed E-state index contributed by atoms with van der Waals surface area (Å²) in [5.74, 6) is -0.461. The van der Waals surface area contributed by atoms with Gasteiger partial charge in [0.1, 0.15) is 10.8 Å². The predicted octanol–water partition coefficient (Wildman–Crippen LogP) is 0.369. The molecule has 2 N–H and O–H groups in total. The first-order chi connectivity index (χ1) is 9.40. The lowest BCUT2D eigenvalue weighted by molar-refractivity contribution is 0.621. The van der Waals surface area contributed by atoms with Crippen molar-refractivity contribution in [3.8, 4) is 0 Å². The van der Waals surface area contributed by atoms with E-state index in [1.807, 2.05) is 0 Å². The lowest BCUT2D eigenvalue weighted by Gasteiger charge is -2.10. The van der Waals surface area contributed by atoms with E-state index in [0.717, 1.165) is 0 Å². The predicted molar refractivity (Wildman–Crippen MR) is 77.3 cm³/mol. The lowest BCUT2D eigenvalue weighted by Crippen LogP contribution is -2.39. The molecule has 7 heteroatoms. The second kappa shape index (κ2) is 5.38. The molecule has 0 saturated heterocycles. The Bertz CT molecular complexity index is 795. The van der Waals surface area contributed by atoms with Gasteiger partial charge in [-0.1, -0.05) is 12.2 Å². The van der Waals surface area contributed by atoms with Crippen LogP contribution in [-0.2, 0) is 13.6 Å². The third-order valence-corrected chi connectivity index (χ3v) is 3.13. The van der Waals surface area contributed by atoms with E-state index in [1.54, 1.807) is 0 Å². The van der Waals surface area contributed by atoms with Crippen LogP contribution in [0.5, 0.6) is 0 Å². The second-order valence-electron chi connectivity index (χ2n) is 4.31. The van der Waals surface area contributed by atoms with Gasteiger partial charge in [-0.3, -0.25) is 9.59 Å². The van der Waals surface area contributed by atoms with Gasteiger partial charge >= 0.3 is 11.1 Å². The number of nitrogens with zero attached hydrogens (tertiary/aromatic N) is 2. The number of thiocarbonyl (C=S) groups is 1. The smallest absolute Gasteiger partial charge is 0.316 e. The fourth-order valence-electron chi connectivity index (χ4n) is 1.83. The van der Waals surface area contributed by atoms with Crippen molar-refractivity contribution in [3.63, 3.8) is 0 Å². The first-order valence-corrected chi connectivity index (χ1v) is 6.15. The van der Waals surface area contributed by atoms with Crippen molar-refractivity contribution in [2.45, 2.75) is 6.54 Å². The van der Waals surface area contributed by atoms with Gasteiger partial charge in [0, 0.05) is 25.0 Å². The molecular formula is C13H12FN3O2S. The highest BCUT2D eigenvalue weighted by Gasteiger charge is 2.09. The fourth-order valence-corrected chi connectivity index (χ4v) is 2.03. The average Bonchev–Trinajstić information content (AvgIpc) is 2.39. The Morgan fingerprint density at radius 1 is 1.30 bits per heavy atom. The second-order valence-corrected chi connectivity index (χ2v) is 4.75. The van der Waals surface area contributed by atoms with Gasteiger partial charge in [-0.05, 0) is 23.8 Å². The molecule has 0 aliphatic rings. The van der Waals surface area contributed by atoms with E-state index in [1.165, 1.54) is 46.8 Å². The maximum absolute atomic E-state index is 13.3. The quantitative estimate of drug-likeness (QED) is 0.655. The average molecular weight is 293 g/mol. The summed E-state index contributed by atoms with van der Waals surface area (Å²) in [6, 6.07) is 3.95. The Morgan fingerprint density at radius 3 is 2.65 bits per heavy atom. The highest BCUT2D eigenvalue weighted by Crippen LogP contribution is 2.12. The molecule has 2 aromatic rings. The van der Waals surface area contributed by atoms with Gasteiger partial charge in [0.25, 0.3) is 0 Å². The minimum absolute atomic E-state index is 0.0271. The third kappa shape index (κ3) is 2.67. The molecule has 1 aromatic heterocycles. The van der Waals surface area contributed by atoms with E-state index >= 15 is 0 Å². The molecular weight excluding hydrogens is 281 g/mol. The molecule has 0 radical (unpaired) electrons. The molecule has 1 heterocycles. The first kappa shape index (κ1) is 14.1. The van der Waals surface area contributed by atoms with Gasteiger partial charge in [0.05, 0.1) is 6.54 Å². The van der Waals surface area contributed by atoms with Gasteiger partial charge < -0.3 is 14.9 Å². The van der Waals surface area contributed by atoms with Crippen molar-refractivity contribution in [1.29, 1.82) is 0 Å². The molecule has 0 atom stereocenters. The van der Waals surface area contributed by atoms with Crippen LogP contribution in [0.15, 0.2) is 40.2 Å². The molecule has 0 spiro atoms. The number of hydrogen-bond donors (Lipinski definition) is 1. The summed E-state index contributed by atoms with van der Waals surface area (Å²) in [5.41, 5.74) is 5.16. The summed E-state index contributed by atoms with van der Waals surface area (Å²) < 4.78 is 15.7. The zero-order valence-corrected chi connectivity index (χ0v) is 11.5. The lowest BCUT2D eigenvalue weighted by atomic mass is 10.1. The number of nitrogens with two attached hydrogens (primary N) is 1. The number of rotatable bonds is 3. The van der Waals surface area contributed by atoms with E-state index in [4.69, 9.17) is 18.0 Å². The molecule has 0 saturated carbocycles. The summed E-state index contributed by atoms with van der Waals surface area (Å²) in [7, 11) is 1.48. The Hall–Kier alpha value is -2.28. The molecule has 0 aliphatic carbocycles. The molecule has 1 aromatic carbocycles. The summed E-state index contributed by atoms with van der Waals surface area (Å²) >= 11 is 4.89.